The fourth-order valence-corrected chi connectivity index (χ4v) is 2.58. The molecule has 0 aliphatic rings. The molecule has 1 heterocycles. The molecule has 0 fully saturated rings. The van der Waals surface area contributed by atoms with E-state index in [-0.39, 0.29) is 11.7 Å². The molecule has 0 amide bonds. The Hall–Kier alpha value is -1.76. The number of nitro groups is 1. The largest absolute Gasteiger partial charge is 0.387 e. The first-order valence-corrected chi connectivity index (χ1v) is 7.20. The van der Waals surface area contributed by atoms with E-state index < -0.39 is 11.0 Å². The standard InChI is InChI=1S/C14H16N2O3S/c1-10(11-2-4-13(5-3-11)16(18)19)15-8-14(17)12-6-7-20-9-12/h2-7,9-10,14-15,17H,8H2,1H3. The average molecular weight is 292 g/mol. The summed E-state index contributed by atoms with van der Waals surface area (Å²) in [5.41, 5.74) is 1.94. The van der Waals surface area contributed by atoms with E-state index in [1.54, 1.807) is 23.5 Å². The summed E-state index contributed by atoms with van der Waals surface area (Å²) in [7, 11) is 0. The van der Waals surface area contributed by atoms with Gasteiger partial charge in [-0.1, -0.05) is 12.1 Å². The molecule has 106 valence electrons. The molecule has 0 radical (unpaired) electrons. The van der Waals surface area contributed by atoms with Crippen molar-refractivity contribution in [2.45, 2.75) is 19.1 Å². The van der Waals surface area contributed by atoms with Crippen LogP contribution in [0.25, 0.3) is 0 Å². The van der Waals surface area contributed by atoms with Crippen molar-refractivity contribution in [3.05, 3.63) is 62.3 Å². The molecule has 0 saturated heterocycles. The fraction of sp³-hybridized carbons (Fsp3) is 0.286. The topological polar surface area (TPSA) is 75.4 Å². The molecule has 0 aliphatic heterocycles. The van der Waals surface area contributed by atoms with Crippen molar-refractivity contribution in [1.82, 2.24) is 5.32 Å². The quantitative estimate of drug-likeness (QED) is 0.634. The number of non-ortho nitro benzene ring substituents is 1. The normalized spacial score (nSPS) is 13.9. The van der Waals surface area contributed by atoms with Crippen LogP contribution in [0.3, 0.4) is 0 Å². The molecule has 0 aliphatic carbocycles. The Labute approximate surface area is 121 Å². The minimum Gasteiger partial charge on any atom is -0.387 e. The van der Waals surface area contributed by atoms with Crippen molar-refractivity contribution < 1.29 is 10.0 Å². The molecule has 2 aromatic rings. The van der Waals surface area contributed by atoms with Crippen LogP contribution >= 0.6 is 11.3 Å². The maximum Gasteiger partial charge on any atom is 0.269 e. The van der Waals surface area contributed by atoms with Crippen molar-refractivity contribution >= 4 is 17.0 Å². The van der Waals surface area contributed by atoms with Crippen LogP contribution < -0.4 is 5.32 Å². The molecular formula is C14H16N2O3S. The van der Waals surface area contributed by atoms with E-state index in [1.807, 2.05) is 23.8 Å². The minimum absolute atomic E-state index is 0.0177. The van der Waals surface area contributed by atoms with E-state index in [0.717, 1.165) is 11.1 Å². The minimum atomic E-state index is -0.540. The second-order valence-electron chi connectivity index (χ2n) is 4.55. The summed E-state index contributed by atoms with van der Waals surface area (Å²) in [6.07, 6.45) is -0.540. The lowest BCUT2D eigenvalue weighted by Gasteiger charge is -2.17. The van der Waals surface area contributed by atoms with Crippen molar-refractivity contribution in [2.24, 2.45) is 0 Å². The van der Waals surface area contributed by atoms with Crippen LogP contribution in [0.15, 0.2) is 41.1 Å². The van der Waals surface area contributed by atoms with E-state index in [9.17, 15) is 15.2 Å². The van der Waals surface area contributed by atoms with Crippen molar-refractivity contribution in [3.8, 4) is 0 Å². The maximum absolute atomic E-state index is 10.6. The lowest BCUT2D eigenvalue weighted by atomic mass is 10.1. The lowest BCUT2D eigenvalue weighted by molar-refractivity contribution is -0.384. The number of hydrogen-bond donors (Lipinski definition) is 2. The fourth-order valence-electron chi connectivity index (χ4n) is 1.87. The number of rotatable bonds is 6. The third-order valence-electron chi connectivity index (χ3n) is 3.15. The lowest BCUT2D eigenvalue weighted by Crippen LogP contribution is -2.24. The number of aliphatic hydroxyl groups is 1. The van der Waals surface area contributed by atoms with Crippen molar-refractivity contribution in [1.29, 1.82) is 0 Å². The number of benzene rings is 1. The van der Waals surface area contributed by atoms with Gasteiger partial charge in [0.15, 0.2) is 0 Å². The SMILES string of the molecule is CC(NCC(O)c1ccsc1)c1ccc([N+](=O)[O-])cc1. The van der Waals surface area contributed by atoms with Crippen LogP contribution in [0.5, 0.6) is 0 Å². The first-order valence-electron chi connectivity index (χ1n) is 6.26. The van der Waals surface area contributed by atoms with Gasteiger partial charge in [0.25, 0.3) is 5.69 Å². The number of nitrogens with one attached hydrogen (secondary N) is 1. The Morgan fingerprint density at radius 3 is 2.55 bits per heavy atom. The molecule has 2 N–H and O–H groups in total. The summed E-state index contributed by atoms with van der Waals surface area (Å²) < 4.78 is 0. The van der Waals surface area contributed by atoms with Crippen LogP contribution in [0, 0.1) is 10.1 Å². The van der Waals surface area contributed by atoms with Gasteiger partial charge in [-0.3, -0.25) is 10.1 Å². The third-order valence-corrected chi connectivity index (χ3v) is 3.85. The van der Waals surface area contributed by atoms with Gasteiger partial charge in [-0.05, 0) is 34.9 Å². The average Bonchev–Trinajstić information content (AvgIpc) is 2.98. The zero-order chi connectivity index (χ0) is 14.5. The summed E-state index contributed by atoms with van der Waals surface area (Å²) >= 11 is 1.55. The van der Waals surface area contributed by atoms with Gasteiger partial charge < -0.3 is 10.4 Å². The number of nitro benzene ring substituents is 1. The molecule has 1 aromatic heterocycles. The molecule has 2 rings (SSSR count). The van der Waals surface area contributed by atoms with E-state index >= 15 is 0 Å². The highest BCUT2D eigenvalue weighted by atomic mass is 32.1. The first kappa shape index (κ1) is 14.6. The van der Waals surface area contributed by atoms with Crippen LogP contribution in [-0.4, -0.2) is 16.6 Å². The van der Waals surface area contributed by atoms with Crippen molar-refractivity contribution in [2.75, 3.05) is 6.54 Å². The second kappa shape index (κ2) is 6.60. The Morgan fingerprint density at radius 2 is 2.00 bits per heavy atom. The molecule has 2 unspecified atom stereocenters. The zero-order valence-corrected chi connectivity index (χ0v) is 11.8. The molecule has 1 aromatic carbocycles. The van der Waals surface area contributed by atoms with Gasteiger partial charge in [0, 0.05) is 24.7 Å². The van der Waals surface area contributed by atoms with Gasteiger partial charge in [-0.15, -0.1) is 0 Å². The Bertz CT molecular complexity index is 554. The highest BCUT2D eigenvalue weighted by Crippen LogP contribution is 2.19. The molecule has 0 bridgehead atoms. The van der Waals surface area contributed by atoms with Crippen molar-refractivity contribution in [3.63, 3.8) is 0 Å². The number of thiophene rings is 1. The third kappa shape index (κ3) is 3.63. The van der Waals surface area contributed by atoms with Gasteiger partial charge in [-0.2, -0.15) is 11.3 Å². The molecule has 0 saturated carbocycles. The summed E-state index contributed by atoms with van der Waals surface area (Å²) in [5, 5.41) is 27.6. The van der Waals surface area contributed by atoms with Crippen LogP contribution in [0.2, 0.25) is 0 Å². The highest BCUT2D eigenvalue weighted by Gasteiger charge is 2.12. The molecule has 6 heteroatoms. The van der Waals surface area contributed by atoms with Gasteiger partial charge >= 0.3 is 0 Å². The summed E-state index contributed by atoms with van der Waals surface area (Å²) in [4.78, 5) is 10.2. The predicted octanol–water partition coefficient (Wildman–Crippen LogP) is 3.04. The molecular weight excluding hydrogens is 276 g/mol. The van der Waals surface area contributed by atoms with Gasteiger partial charge in [0.2, 0.25) is 0 Å². The maximum atomic E-state index is 10.6. The Balaban J connectivity index is 1.91. The van der Waals surface area contributed by atoms with Crippen LogP contribution in [-0.2, 0) is 0 Å². The summed E-state index contributed by atoms with van der Waals surface area (Å²) in [6.45, 7) is 2.40. The number of aliphatic hydroxyl groups excluding tert-OH is 1. The van der Waals surface area contributed by atoms with E-state index in [4.69, 9.17) is 0 Å². The van der Waals surface area contributed by atoms with Gasteiger partial charge in [0.05, 0.1) is 11.0 Å². The predicted molar refractivity (Wildman–Crippen MR) is 78.8 cm³/mol. The summed E-state index contributed by atoms with van der Waals surface area (Å²) in [6, 6.07) is 8.35. The molecule has 5 nitrogen and oxygen atoms in total. The first-order chi connectivity index (χ1) is 9.58. The summed E-state index contributed by atoms with van der Waals surface area (Å²) in [5.74, 6) is 0. The zero-order valence-electron chi connectivity index (χ0n) is 11.0. The second-order valence-corrected chi connectivity index (χ2v) is 5.33. The molecule has 2 atom stereocenters. The van der Waals surface area contributed by atoms with E-state index in [1.165, 1.54) is 12.1 Å². The Morgan fingerprint density at radius 1 is 1.30 bits per heavy atom. The van der Waals surface area contributed by atoms with Crippen LogP contribution in [0.4, 0.5) is 5.69 Å². The highest BCUT2D eigenvalue weighted by molar-refractivity contribution is 7.07. The number of nitrogens with zero attached hydrogens (tertiary/aromatic N) is 1. The van der Waals surface area contributed by atoms with Crippen LogP contribution in [0.1, 0.15) is 30.2 Å². The molecule has 0 spiro atoms. The van der Waals surface area contributed by atoms with Gasteiger partial charge in [-0.25, -0.2) is 0 Å². The Kier molecular flexibility index (Phi) is 4.84. The smallest absolute Gasteiger partial charge is 0.269 e. The number of hydrogen-bond acceptors (Lipinski definition) is 5. The van der Waals surface area contributed by atoms with Gasteiger partial charge in [0.1, 0.15) is 0 Å². The van der Waals surface area contributed by atoms with E-state index in [0.29, 0.717) is 6.54 Å². The molecule has 20 heavy (non-hydrogen) atoms. The monoisotopic (exact) mass is 292 g/mol. The van der Waals surface area contributed by atoms with E-state index in [2.05, 4.69) is 5.32 Å².